The maximum Gasteiger partial charge on any atom is 0.201 e. The summed E-state index contributed by atoms with van der Waals surface area (Å²) in [5, 5.41) is 0.875. The van der Waals surface area contributed by atoms with Gasteiger partial charge in [0.05, 0.1) is 27.1 Å². The van der Waals surface area contributed by atoms with E-state index in [-0.39, 0.29) is 11.9 Å². The molecule has 0 saturated heterocycles. The van der Waals surface area contributed by atoms with Crippen molar-refractivity contribution in [3.63, 3.8) is 0 Å². The predicted molar refractivity (Wildman–Crippen MR) is 84.4 cm³/mol. The first-order valence-electron chi connectivity index (χ1n) is 6.35. The summed E-state index contributed by atoms with van der Waals surface area (Å²) in [6.07, 6.45) is 0. The van der Waals surface area contributed by atoms with Crippen molar-refractivity contribution in [2.75, 3.05) is 5.73 Å². The van der Waals surface area contributed by atoms with Crippen LogP contribution in [0, 0.1) is 5.82 Å². The van der Waals surface area contributed by atoms with Crippen LogP contribution in [-0.2, 0) is 0 Å². The van der Waals surface area contributed by atoms with Crippen LogP contribution in [0.3, 0.4) is 0 Å². The average Bonchev–Trinajstić information content (AvgIpc) is 2.75. The van der Waals surface area contributed by atoms with Crippen molar-refractivity contribution in [2.45, 2.75) is 13.0 Å². The summed E-state index contributed by atoms with van der Waals surface area (Å²) < 4.78 is 14.9. The third-order valence-corrected chi connectivity index (χ3v) is 4.22. The van der Waals surface area contributed by atoms with Crippen molar-refractivity contribution in [1.82, 2.24) is 9.55 Å². The van der Waals surface area contributed by atoms with Gasteiger partial charge in [-0.1, -0.05) is 35.3 Å². The molecule has 21 heavy (non-hydrogen) atoms. The first-order valence-corrected chi connectivity index (χ1v) is 7.11. The molecule has 0 radical (unpaired) electrons. The van der Waals surface area contributed by atoms with Gasteiger partial charge in [-0.3, -0.25) is 0 Å². The molecule has 6 heteroatoms. The molecule has 0 bridgehead atoms. The Hall–Kier alpha value is -1.78. The molecule has 0 aliphatic rings. The maximum atomic E-state index is 13.0. The normalized spacial score (nSPS) is 12.8. The molecule has 0 fully saturated rings. The Bertz CT molecular complexity index is 812. The summed E-state index contributed by atoms with van der Waals surface area (Å²) in [6.45, 7) is 1.97. The Labute approximate surface area is 131 Å². The molecular formula is C15H12Cl2FN3. The molecule has 1 aromatic heterocycles. The van der Waals surface area contributed by atoms with Crippen molar-refractivity contribution in [2.24, 2.45) is 0 Å². The van der Waals surface area contributed by atoms with Crippen molar-refractivity contribution in [3.8, 4) is 0 Å². The number of anilines is 1. The highest BCUT2D eigenvalue weighted by Crippen LogP contribution is 2.32. The number of rotatable bonds is 2. The zero-order valence-electron chi connectivity index (χ0n) is 11.1. The molecule has 1 heterocycles. The second-order valence-corrected chi connectivity index (χ2v) is 5.64. The van der Waals surface area contributed by atoms with Gasteiger partial charge in [0.15, 0.2) is 0 Å². The van der Waals surface area contributed by atoms with E-state index in [0.717, 1.165) is 11.1 Å². The highest BCUT2D eigenvalue weighted by atomic mass is 35.5. The third kappa shape index (κ3) is 2.45. The lowest BCUT2D eigenvalue weighted by Gasteiger charge is -2.16. The lowest BCUT2D eigenvalue weighted by Crippen LogP contribution is -2.10. The van der Waals surface area contributed by atoms with Crippen molar-refractivity contribution in [1.29, 1.82) is 0 Å². The largest absolute Gasteiger partial charge is 0.369 e. The summed E-state index contributed by atoms with van der Waals surface area (Å²) in [7, 11) is 0. The van der Waals surface area contributed by atoms with E-state index in [9.17, 15) is 4.39 Å². The SMILES string of the molecule is CC(c1ccc(F)cc1)n1c(N)nc2cc(Cl)c(Cl)cc21. The Balaban J connectivity index is 2.17. The van der Waals surface area contributed by atoms with Gasteiger partial charge in [0, 0.05) is 0 Å². The van der Waals surface area contributed by atoms with Gasteiger partial charge in [-0.25, -0.2) is 9.37 Å². The topological polar surface area (TPSA) is 43.8 Å². The zero-order valence-corrected chi connectivity index (χ0v) is 12.7. The number of fused-ring (bicyclic) bond motifs is 1. The molecule has 0 amide bonds. The summed E-state index contributed by atoms with van der Waals surface area (Å²) in [6, 6.07) is 9.61. The minimum Gasteiger partial charge on any atom is -0.369 e. The number of aromatic nitrogens is 2. The fraction of sp³-hybridized carbons (Fsp3) is 0.133. The molecule has 2 N–H and O–H groups in total. The first kappa shape index (κ1) is 14.2. The Kier molecular flexibility index (Phi) is 3.51. The van der Waals surface area contributed by atoms with E-state index >= 15 is 0 Å². The van der Waals surface area contributed by atoms with Crippen LogP contribution in [0.15, 0.2) is 36.4 Å². The summed E-state index contributed by atoms with van der Waals surface area (Å²) in [4.78, 5) is 4.30. The number of halogens is 3. The van der Waals surface area contributed by atoms with Crippen LogP contribution >= 0.6 is 23.2 Å². The van der Waals surface area contributed by atoms with Gasteiger partial charge in [-0.05, 0) is 36.8 Å². The predicted octanol–water partition coefficient (Wildman–Crippen LogP) is 4.67. The highest BCUT2D eigenvalue weighted by Gasteiger charge is 2.17. The number of benzene rings is 2. The van der Waals surface area contributed by atoms with Crippen LogP contribution in [0.5, 0.6) is 0 Å². The van der Waals surface area contributed by atoms with Gasteiger partial charge in [0.1, 0.15) is 5.82 Å². The fourth-order valence-corrected chi connectivity index (χ4v) is 2.72. The van der Waals surface area contributed by atoms with E-state index in [1.54, 1.807) is 24.3 Å². The molecule has 3 nitrogen and oxygen atoms in total. The number of hydrogen-bond acceptors (Lipinski definition) is 2. The molecule has 0 spiro atoms. The number of nitrogens with zero attached hydrogens (tertiary/aromatic N) is 2. The summed E-state index contributed by atoms with van der Waals surface area (Å²) in [5.74, 6) is 0.0874. The van der Waals surface area contributed by atoms with E-state index in [4.69, 9.17) is 28.9 Å². The van der Waals surface area contributed by atoms with E-state index < -0.39 is 0 Å². The number of nitrogen functional groups attached to an aromatic ring is 1. The molecule has 0 aliphatic heterocycles. The van der Waals surface area contributed by atoms with E-state index in [1.807, 2.05) is 11.5 Å². The molecule has 1 unspecified atom stereocenters. The van der Waals surface area contributed by atoms with Crippen LogP contribution < -0.4 is 5.73 Å². The van der Waals surface area contributed by atoms with E-state index in [1.165, 1.54) is 12.1 Å². The van der Waals surface area contributed by atoms with Crippen molar-refractivity contribution < 1.29 is 4.39 Å². The van der Waals surface area contributed by atoms with Gasteiger partial charge >= 0.3 is 0 Å². The molecule has 108 valence electrons. The molecule has 0 aliphatic carbocycles. The van der Waals surface area contributed by atoms with Gasteiger partial charge in [-0.2, -0.15) is 0 Å². The first-order chi connectivity index (χ1) is 9.97. The third-order valence-electron chi connectivity index (χ3n) is 3.50. The second kappa shape index (κ2) is 5.20. The maximum absolute atomic E-state index is 13.0. The van der Waals surface area contributed by atoms with Crippen LogP contribution in [0.25, 0.3) is 11.0 Å². The number of hydrogen-bond donors (Lipinski definition) is 1. The minimum atomic E-state index is -0.274. The standard InChI is InChI=1S/C15H12Cl2FN3/c1-8(9-2-4-10(18)5-3-9)21-14-7-12(17)11(16)6-13(14)20-15(21)19/h2-8H,1H3,(H2,19,20). The monoisotopic (exact) mass is 323 g/mol. The smallest absolute Gasteiger partial charge is 0.201 e. The van der Waals surface area contributed by atoms with Crippen LogP contribution in [0.2, 0.25) is 10.0 Å². The fourth-order valence-electron chi connectivity index (χ4n) is 2.41. The molecule has 0 saturated carbocycles. The Morgan fingerprint density at radius 1 is 1.14 bits per heavy atom. The zero-order chi connectivity index (χ0) is 15.1. The summed E-state index contributed by atoms with van der Waals surface area (Å²) >= 11 is 12.1. The Morgan fingerprint density at radius 3 is 2.43 bits per heavy atom. The summed E-state index contributed by atoms with van der Waals surface area (Å²) in [5.41, 5.74) is 8.40. The van der Waals surface area contributed by atoms with Gasteiger partial charge in [0.25, 0.3) is 0 Å². The molecule has 3 aromatic rings. The van der Waals surface area contributed by atoms with Crippen LogP contribution in [0.4, 0.5) is 10.3 Å². The van der Waals surface area contributed by atoms with Crippen LogP contribution in [-0.4, -0.2) is 9.55 Å². The van der Waals surface area contributed by atoms with Crippen molar-refractivity contribution in [3.05, 3.63) is 57.8 Å². The van der Waals surface area contributed by atoms with Gasteiger partial charge in [-0.15, -0.1) is 0 Å². The molecule has 1 atom stereocenters. The minimum absolute atomic E-state index is 0.104. The molecular weight excluding hydrogens is 312 g/mol. The van der Waals surface area contributed by atoms with Crippen LogP contribution in [0.1, 0.15) is 18.5 Å². The lowest BCUT2D eigenvalue weighted by molar-refractivity contribution is 0.621. The lowest BCUT2D eigenvalue weighted by atomic mass is 10.1. The quantitative estimate of drug-likeness (QED) is 0.744. The van der Waals surface area contributed by atoms with Gasteiger partial charge in [0.2, 0.25) is 5.95 Å². The molecule has 3 rings (SSSR count). The van der Waals surface area contributed by atoms with Crippen molar-refractivity contribution >= 4 is 40.2 Å². The number of imidazole rings is 1. The average molecular weight is 324 g/mol. The second-order valence-electron chi connectivity index (χ2n) is 4.82. The Morgan fingerprint density at radius 2 is 1.76 bits per heavy atom. The van der Waals surface area contributed by atoms with Gasteiger partial charge < -0.3 is 10.3 Å². The number of nitrogens with two attached hydrogens (primary N) is 1. The highest BCUT2D eigenvalue weighted by molar-refractivity contribution is 6.42. The molecule has 2 aromatic carbocycles. The van der Waals surface area contributed by atoms with E-state index in [2.05, 4.69) is 4.98 Å². The van der Waals surface area contributed by atoms with E-state index in [0.29, 0.717) is 21.5 Å².